The summed E-state index contributed by atoms with van der Waals surface area (Å²) in [5, 5.41) is 17.7. The van der Waals surface area contributed by atoms with Crippen LogP contribution in [0, 0.1) is 0 Å². The molecule has 3 heterocycles. The number of morpholine rings is 1. The third-order valence-corrected chi connectivity index (χ3v) is 8.00. The number of carbonyl (C=O) groups excluding carboxylic acids is 2. The van der Waals surface area contributed by atoms with E-state index in [2.05, 4.69) is 46.5 Å². The Bertz CT molecular complexity index is 1350. The zero-order chi connectivity index (χ0) is 27.6. The predicted molar refractivity (Wildman–Crippen MR) is 152 cm³/mol. The van der Waals surface area contributed by atoms with E-state index in [9.17, 15) is 14.7 Å². The molecule has 2 aromatic carbocycles. The second-order valence-electron chi connectivity index (χ2n) is 10.5. The average Bonchev–Trinajstić information content (AvgIpc) is 3.39. The number of aliphatic hydroxyl groups excluding tert-OH is 1. The SMILES string of the molecule is C[C@@H]1CN(c2cccc(-c3csc(NC(=O)CNC(=O)c4cccc5c4OCC[C@@]5(C)CO)n3)c2)C[C@H](C)O1. The van der Waals surface area contributed by atoms with Crippen LogP contribution < -0.4 is 20.3 Å². The molecule has 3 N–H and O–H groups in total. The van der Waals surface area contributed by atoms with Crippen LogP contribution in [-0.2, 0) is 14.9 Å². The number of nitrogens with one attached hydrogen (secondary N) is 2. The first kappa shape index (κ1) is 27.1. The fourth-order valence-electron chi connectivity index (χ4n) is 5.16. The maximum absolute atomic E-state index is 12.9. The molecule has 1 fully saturated rings. The highest BCUT2D eigenvalue weighted by Gasteiger charge is 2.35. The van der Waals surface area contributed by atoms with Gasteiger partial charge in [-0.15, -0.1) is 11.3 Å². The van der Waals surface area contributed by atoms with Gasteiger partial charge in [0.05, 0.1) is 43.2 Å². The number of rotatable bonds is 7. The van der Waals surface area contributed by atoms with Crippen molar-refractivity contribution in [3.8, 4) is 17.0 Å². The maximum atomic E-state index is 12.9. The summed E-state index contributed by atoms with van der Waals surface area (Å²) >= 11 is 1.33. The van der Waals surface area contributed by atoms with Crippen molar-refractivity contribution >= 4 is 34.0 Å². The van der Waals surface area contributed by atoms with Crippen molar-refractivity contribution in [2.45, 2.75) is 44.8 Å². The summed E-state index contributed by atoms with van der Waals surface area (Å²) in [4.78, 5) is 32.4. The molecule has 0 bridgehead atoms. The monoisotopic (exact) mass is 550 g/mol. The Morgan fingerprint density at radius 1 is 1.18 bits per heavy atom. The molecular weight excluding hydrogens is 516 g/mol. The van der Waals surface area contributed by atoms with Gasteiger partial charge in [0.15, 0.2) is 5.13 Å². The fraction of sp³-hybridized carbons (Fsp3) is 0.414. The van der Waals surface area contributed by atoms with Gasteiger partial charge in [-0.3, -0.25) is 9.59 Å². The summed E-state index contributed by atoms with van der Waals surface area (Å²) in [7, 11) is 0. The number of fused-ring (bicyclic) bond motifs is 1. The molecule has 5 rings (SSSR count). The van der Waals surface area contributed by atoms with E-state index in [1.54, 1.807) is 12.1 Å². The number of nitrogens with zero attached hydrogens (tertiary/aromatic N) is 2. The number of hydrogen-bond acceptors (Lipinski definition) is 8. The zero-order valence-electron chi connectivity index (χ0n) is 22.4. The number of amides is 2. The first-order valence-electron chi connectivity index (χ1n) is 13.2. The number of carbonyl (C=O) groups is 2. The van der Waals surface area contributed by atoms with Crippen LogP contribution in [0.3, 0.4) is 0 Å². The Morgan fingerprint density at radius 2 is 1.95 bits per heavy atom. The van der Waals surface area contributed by atoms with Crippen molar-refractivity contribution < 1.29 is 24.2 Å². The lowest BCUT2D eigenvalue weighted by Crippen LogP contribution is -2.45. The van der Waals surface area contributed by atoms with E-state index in [-0.39, 0.29) is 31.3 Å². The number of ether oxygens (including phenoxy) is 2. The van der Waals surface area contributed by atoms with Crippen molar-refractivity contribution in [1.82, 2.24) is 10.3 Å². The Balaban J connectivity index is 1.20. The topological polar surface area (TPSA) is 113 Å². The van der Waals surface area contributed by atoms with Crippen molar-refractivity contribution in [1.29, 1.82) is 0 Å². The summed E-state index contributed by atoms with van der Waals surface area (Å²) < 4.78 is 11.6. The van der Waals surface area contributed by atoms with Gasteiger partial charge in [-0.1, -0.05) is 31.2 Å². The molecule has 206 valence electrons. The average molecular weight is 551 g/mol. The van der Waals surface area contributed by atoms with Crippen molar-refractivity contribution in [2.75, 3.05) is 43.1 Å². The maximum Gasteiger partial charge on any atom is 0.255 e. The molecule has 0 saturated carbocycles. The highest BCUT2D eigenvalue weighted by Crippen LogP contribution is 2.40. The van der Waals surface area contributed by atoms with E-state index in [1.807, 2.05) is 30.5 Å². The summed E-state index contributed by atoms with van der Waals surface area (Å²) in [6.45, 7) is 7.94. The molecule has 0 aliphatic carbocycles. The molecule has 10 heteroatoms. The lowest BCUT2D eigenvalue weighted by Gasteiger charge is -2.37. The van der Waals surface area contributed by atoms with E-state index >= 15 is 0 Å². The third kappa shape index (κ3) is 5.93. The van der Waals surface area contributed by atoms with Gasteiger partial charge in [0.2, 0.25) is 5.91 Å². The highest BCUT2D eigenvalue weighted by atomic mass is 32.1. The van der Waals surface area contributed by atoms with Gasteiger partial charge in [-0.25, -0.2) is 4.98 Å². The van der Waals surface area contributed by atoms with Gasteiger partial charge < -0.3 is 30.1 Å². The minimum atomic E-state index is -0.470. The van der Waals surface area contributed by atoms with E-state index in [0.29, 0.717) is 29.5 Å². The van der Waals surface area contributed by atoms with Gasteiger partial charge in [-0.05, 0) is 38.5 Å². The van der Waals surface area contributed by atoms with Crippen LogP contribution in [0.15, 0.2) is 47.8 Å². The van der Waals surface area contributed by atoms with Crippen LogP contribution in [0.5, 0.6) is 5.75 Å². The summed E-state index contributed by atoms with van der Waals surface area (Å²) in [6.07, 6.45) is 0.995. The molecule has 1 saturated heterocycles. The van der Waals surface area contributed by atoms with Gasteiger partial charge >= 0.3 is 0 Å². The van der Waals surface area contributed by atoms with E-state index < -0.39 is 11.3 Å². The minimum absolute atomic E-state index is 0.0391. The number of hydrogen-bond donors (Lipinski definition) is 3. The first-order valence-corrected chi connectivity index (χ1v) is 14.1. The Labute approximate surface area is 232 Å². The summed E-state index contributed by atoms with van der Waals surface area (Å²) in [5.41, 5.74) is 3.53. The molecule has 39 heavy (non-hydrogen) atoms. The summed E-state index contributed by atoms with van der Waals surface area (Å²) in [5.74, 6) is -0.321. The zero-order valence-corrected chi connectivity index (χ0v) is 23.2. The van der Waals surface area contributed by atoms with E-state index in [1.165, 1.54) is 11.3 Å². The molecule has 0 unspecified atom stereocenters. The van der Waals surface area contributed by atoms with Crippen LogP contribution in [0.25, 0.3) is 11.3 Å². The number of anilines is 2. The minimum Gasteiger partial charge on any atom is -0.492 e. The third-order valence-electron chi connectivity index (χ3n) is 7.25. The standard InChI is InChI=1S/C29H34N4O5S/c1-18-14-33(15-19(2)38-18)21-7-4-6-20(12-21)24-16-39-28(31-24)32-25(35)13-30-27(36)22-8-5-9-23-26(22)37-11-10-29(23,3)17-34/h4-9,12,16,18-19,34H,10-11,13-15,17H2,1-3H3,(H,30,36)(H,31,32,35)/t18-,19+,29-/m0/s1. The second kappa shape index (κ2) is 11.3. The van der Waals surface area contributed by atoms with Crippen molar-refractivity contribution in [3.63, 3.8) is 0 Å². The van der Waals surface area contributed by atoms with Crippen molar-refractivity contribution in [3.05, 3.63) is 59.0 Å². The van der Waals surface area contributed by atoms with Crippen LogP contribution in [-0.4, -0.2) is 67.0 Å². The second-order valence-corrected chi connectivity index (χ2v) is 11.3. The van der Waals surface area contributed by atoms with E-state index in [4.69, 9.17) is 9.47 Å². The molecule has 0 radical (unpaired) electrons. The Morgan fingerprint density at radius 3 is 2.72 bits per heavy atom. The van der Waals surface area contributed by atoms with Gasteiger partial charge in [-0.2, -0.15) is 0 Å². The molecule has 2 amide bonds. The number of benzene rings is 2. The molecule has 3 aromatic rings. The lowest BCUT2D eigenvalue weighted by molar-refractivity contribution is -0.115. The molecular formula is C29H34N4O5S. The molecule has 1 aromatic heterocycles. The number of para-hydroxylation sites is 1. The largest absolute Gasteiger partial charge is 0.492 e. The van der Waals surface area contributed by atoms with Crippen LogP contribution in [0.1, 0.15) is 43.1 Å². The smallest absolute Gasteiger partial charge is 0.255 e. The van der Waals surface area contributed by atoms with Crippen LogP contribution in [0.2, 0.25) is 0 Å². The van der Waals surface area contributed by atoms with Crippen LogP contribution in [0.4, 0.5) is 10.8 Å². The molecule has 9 nitrogen and oxygen atoms in total. The van der Waals surface area contributed by atoms with E-state index in [0.717, 1.165) is 35.6 Å². The highest BCUT2D eigenvalue weighted by molar-refractivity contribution is 7.14. The van der Waals surface area contributed by atoms with Gasteiger partial charge in [0.1, 0.15) is 5.75 Å². The quantitative estimate of drug-likeness (QED) is 0.410. The molecule has 2 aliphatic heterocycles. The lowest BCUT2D eigenvalue weighted by atomic mass is 9.78. The Hall–Kier alpha value is -3.47. The predicted octanol–water partition coefficient (Wildman–Crippen LogP) is 3.82. The van der Waals surface area contributed by atoms with Crippen LogP contribution >= 0.6 is 11.3 Å². The van der Waals surface area contributed by atoms with Crippen molar-refractivity contribution in [2.24, 2.45) is 0 Å². The number of aliphatic hydroxyl groups is 1. The van der Waals surface area contributed by atoms with Gasteiger partial charge in [0.25, 0.3) is 5.91 Å². The first-order chi connectivity index (χ1) is 18.8. The Kier molecular flexibility index (Phi) is 7.88. The molecule has 0 spiro atoms. The number of aromatic nitrogens is 1. The molecule has 3 atom stereocenters. The normalized spacial score (nSPS) is 22.5. The molecule has 2 aliphatic rings. The number of thiazole rings is 1. The summed E-state index contributed by atoms with van der Waals surface area (Å²) in [6, 6.07) is 13.5. The fourth-order valence-corrected chi connectivity index (χ4v) is 5.89. The van der Waals surface area contributed by atoms with Gasteiger partial charge in [0, 0.05) is 40.7 Å².